The Morgan fingerprint density at radius 2 is 0.714 bits per heavy atom. The Morgan fingerprint density at radius 1 is 0.476 bits per heavy atom. The maximum absolute atomic E-state index is 6.00. The fourth-order valence-corrected chi connectivity index (χ4v) is 4.98. The molecule has 0 N–H and O–H groups in total. The third kappa shape index (κ3) is 11.6. The minimum atomic E-state index is -3.15. The van der Waals surface area contributed by atoms with E-state index in [1.54, 1.807) is 0 Å². The second-order valence-electron chi connectivity index (χ2n) is 5.11. The van der Waals surface area contributed by atoms with E-state index in [1.807, 2.05) is 0 Å². The van der Waals surface area contributed by atoms with Crippen molar-refractivity contribution in [3.63, 3.8) is 0 Å². The molecule has 0 saturated carbocycles. The van der Waals surface area contributed by atoms with Gasteiger partial charge in [0, 0.05) is 0 Å². The van der Waals surface area contributed by atoms with E-state index in [1.165, 1.54) is 0 Å². The van der Waals surface area contributed by atoms with Gasteiger partial charge in [-0.15, -0.1) is 0 Å². The quantitative estimate of drug-likeness (QED) is 0.291. The number of rotatable bonds is 16. The Kier molecular flexibility index (Phi) is 15.5. The standard InChI is InChI=1S/C16H36O4Se/c1-5-9-13-17-21(18-14-10-6-2,19-15-11-7-3)20-16-12-8-4/h5-16H2,1-4H3. The van der Waals surface area contributed by atoms with Crippen molar-refractivity contribution in [1.82, 2.24) is 0 Å². The summed E-state index contributed by atoms with van der Waals surface area (Å²) in [5, 5.41) is 0. The summed E-state index contributed by atoms with van der Waals surface area (Å²) in [5.74, 6) is 0. The molecule has 0 radical (unpaired) electrons. The van der Waals surface area contributed by atoms with Gasteiger partial charge in [-0.25, -0.2) is 0 Å². The second-order valence-corrected chi connectivity index (χ2v) is 8.80. The molecule has 0 bridgehead atoms. The molecule has 0 aromatic carbocycles. The Labute approximate surface area is 135 Å². The fourth-order valence-electron chi connectivity index (χ4n) is 1.43. The summed E-state index contributed by atoms with van der Waals surface area (Å²) in [6.45, 7) is 11.3. The van der Waals surface area contributed by atoms with Crippen LogP contribution in [0.2, 0.25) is 0 Å². The Morgan fingerprint density at radius 3 is 0.905 bits per heavy atom. The van der Waals surface area contributed by atoms with Crippen molar-refractivity contribution >= 4 is 14.2 Å². The SMILES string of the molecule is CCCCO[Se](OCCCC)(OCCCC)OCCCC. The molecule has 0 aromatic rings. The maximum atomic E-state index is 6.00. The topological polar surface area (TPSA) is 36.9 Å². The number of hydrogen-bond donors (Lipinski definition) is 0. The van der Waals surface area contributed by atoms with Crippen LogP contribution in [0.3, 0.4) is 0 Å². The van der Waals surface area contributed by atoms with Crippen LogP contribution in [0.4, 0.5) is 0 Å². The van der Waals surface area contributed by atoms with Crippen LogP contribution in [0.5, 0.6) is 0 Å². The van der Waals surface area contributed by atoms with Gasteiger partial charge in [0.15, 0.2) is 0 Å². The van der Waals surface area contributed by atoms with E-state index in [2.05, 4.69) is 27.7 Å². The molecule has 0 aliphatic carbocycles. The van der Waals surface area contributed by atoms with Crippen LogP contribution in [0.25, 0.3) is 0 Å². The van der Waals surface area contributed by atoms with Gasteiger partial charge < -0.3 is 0 Å². The third-order valence-electron chi connectivity index (χ3n) is 2.90. The molecular formula is C16H36O4Se. The van der Waals surface area contributed by atoms with Gasteiger partial charge in [-0.05, 0) is 0 Å². The summed E-state index contributed by atoms with van der Waals surface area (Å²) in [6, 6.07) is 0. The summed E-state index contributed by atoms with van der Waals surface area (Å²) in [5.41, 5.74) is 0. The predicted molar refractivity (Wildman–Crippen MR) is 89.2 cm³/mol. The molecule has 4 nitrogen and oxygen atoms in total. The first kappa shape index (κ1) is 21.4. The summed E-state index contributed by atoms with van der Waals surface area (Å²) in [4.78, 5) is 0. The van der Waals surface area contributed by atoms with Crippen molar-refractivity contribution in [3.8, 4) is 0 Å². The minimum absolute atomic E-state index is 0.668. The van der Waals surface area contributed by atoms with E-state index in [9.17, 15) is 0 Å². The summed E-state index contributed by atoms with van der Waals surface area (Å²) in [7, 11) is 0. The van der Waals surface area contributed by atoms with E-state index in [-0.39, 0.29) is 0 Å². The molecule has 0 aromatic heterocycles. The molecule has 0 atom stereocenters. The molecule has 21 heavy (non-hydrogen) atoms. The molecule has 5 heteroatoms. The Bertz CT molecular complexity index is 169. The van der Waals surface area contributed by atoms with Crippen LogP contribution in [0, 0.1) is 0 Å². The summed E-state index contributed by atoms with van der Waals surface area (Å²) >= 11 is -3.15. The van der Waals surface area contributed by atoms with Crippen molar-refractivity contribution in [2.75, 3.05) is 26.4 Å². The molecule has 0 heterocycles. The van der Waals surface area contributed by atoms with Gasteiger partial charge in [0.1, 0.15) is 0 Å². The van der Waals surface area contributed by atoms with Gasteiger partial charge in [0.2, 0.25) is 0 Å². The molecular weight excluding hydrogens is 335 g/mol. The van der Waals surface area contributed by atoms with E-state index in [0.717, 1.165) is 51.4 Å². The molecule has 130 valence electrons. The fraction of sp³-hybridized carbons (Fsp3) is 1.00. The van der Waals surface area contributed by atoms with E-state index < -0.39 is 14.2 Å². The van der Waals surface area contributed by atoms with E-state index in [0.29, 0.717) is 26.4 Å². The van der Waals surface area contributed by atoms with Crippen molar-refractivity contribution in [3.05, 3.63) is 0 Å². The number of unbranched alkanes of at least 4 members (excludes halogenated alkanes) is 4. The average molecular weight is 371 g/mol. The average Bonchev–Trinajstić information content (AvgIpc) is 2.48. The van der Waals surface area contributed by atoms with Crippen LogP contribution >= 0.6 is 0 Å². The second kappa shape index (κ2) is 15.3. The van der Waals surface area contributed by atoms with Crippen molar-refractivity contribution < 1.29 is 15.3 Å². The summed E-state index contributed by atoms with van der Waals surface area (Å²) in [6.07, 6.45) is 8.49. The van der Waals surface area contributed by atoms with Gasteiger partial charge in [-0.2, -0.15) is 0 Å². The summed E-state index contributed by atoms with van der Waals surface area (Å²) < 4.78 is 24.0. The molecule has 0 fully saturated rings. The van der Waals surface area contributed by atoms with Crippen molar-refractivity contribution in [2.24, 2.45) is 0 Å². The van der Waals surface area contributed by atoms with Crippen LogP contribution in [0.1, 0.15) is 79.1 Å². The van der Waals surface area contributed by atoms with E-state index >= 15 is 0 Å². The molecule has 0 rings (SSSR count). The number of hydrogen-bond acceptors (Lipinski definition) is 4. The molecule has 0 unspecified atom stereocenters. The Hall–Kier alpha value is 0.359. The van der Waals surface area contributed by atoms with Crippen LogP contribution in [-0.2, 0) is 15.3 Å². The molecule has 0 aliphatic heterocycles. The Balaban J connectivity index is 4.52. The first-order valence-corrected chi connectivity index (χ1v) is 11.4. The molecule has 0 saturated heterocycles. The first-order valence-electron chi connectivity index (χ1n) is 8.65. The van der Waals surface area contributed by atoms with Gasteiger partial charge >= 0.3 is 135 Å². The van der Waals surface area contributed by atoms with E-state index in [4.69, 9.17) is 15.3 Å². The third-order valence-corrected chi connectivity index (χ3v) is 6.72. The van der Waals surface area contributed by atoms with Crippen LogP contribution < -0.4 is 0 Å². The zero-order chi connectivity index (χ0) is 15.8. The zero-order valence-electron chi connectivity index (χ0n) is 14.5. The zero-order valence-corrected chi connectivity index (χ0v) is 16.2. The van der Waals surface area contributed by atoms with Gasteiger partial charge in [0.05, 0.1) is 0 Å². The van der Waals surface area contributed by atoms with Crippen molar-refractivity contribution in [2.45, 2.75) is 79.1 Å². The molecule has 0 spiro atoms. The molecule has 0 aliphatic rings. The van der Waals surface area contributed by atoms with Crippen molar-refractivity contribution in [1.29, 1.82) is 0 Å². The van der Waals surface area contributed by atoms with Gasteiger partial charge in [0.25, 0.3) is 0 Å². The monoisotopic (exact) mass is 372 g/mol. The van der Waals surface area contributed by atoms with Crippen LogP contribution in [0.15, 0.2) is 0 Å². The van der Waals surface area contributed by atoms with Gasteiger partial charge in [-0.3, -0.25) is 0 Å². The predicted octanol–water partition coefficient (Wildman–Crippen LogP) is 4.69. The van der Waals surface area contributed by atoms with Gasteiger partial charge in [-0.1, -0.05) is 0 Å². The first-order chi connectivity index (χ1) is 10.2. The normalized spacial score (nSPS) is 12.8. The molecule has 0 amide bonds. The van der Waals surface area contributed by atoms with Crippen LogP contribution in [-0.4, -0.2) is 40.6 Å².